The lowest BCUT2D eigenvalue weighted by Crippen LogP contribution is -2.36. The molecule has 0 radical (unpaired) electrons. The van der Waals surface area contributed by atoms with E-state index in [-0.39, 0.29) is 11.8 Å². The second-order valence-electron chi connectivity index (χ2n) is 7.70. The minimum absolute atomic E-state index is 0.0265. The van der Waals surface area contributed by atoms with Crippen molar-refractivity contribution in [2.24, 2.45) is 5.92 Å². The Labute approximate surface area is 170 Å². The van der Waals surface area contributed by atoms with Gasteiger partial charge in [-0.15, -0.1) is 11.3 Å². The van der Waals surface area contributed by atoms with E-state index in [0.717, 1.165) is 74.2 Å². The van der Waals surface area contributed by atoms with Crippen LogP contribution in [-0.2, 0) is 35.5 Å². The molecule has 1 aliphatic carbocycles. The van der Waals surface area contributed by atoms with E-state index in [0.29, 0.717) is 6.54 Å². The van der Waals surface area contributed by atoms with Crippen molar-refractivity contribution in [1.82, 2.24) is 19.7 Å². The number of aromatic nitrogens is 3. The summed E-state index contributed by atoms with van der Waals surface area (Å²) in [5.41, 5.74) is 3.25. The molecule has 2 aliphatic rings. The van der Waals surface area contributed by atoms with Gasteiger partial charge in [0.25, 0.3) is 0 Å². The van der Waals surface area contributed by atoms with Gasteiger partial charge in [0.15, 0.2) is 5.13 Å². The highest BCUT2D eigenvalue weighted by atomic mass is 32.1. The van der Waals surface area contributed by atoms with Gasteiger partial charge in [-0.05, 0) is 26.7 Å². The third-order valence-corrected chi connectivity index (χ3v) is 6.93. The zero-order valence-electron chi connectivity index (χ0n) is 17.0. The van der Waals surface area contributed by atoms with Gasteiger partial charge < -0.3 is 14.5 Å². The summed E-state index contributed by atoms with van der Waals surface area (Å²) in [5, 5.41) is 5.58. The summed E-state index contributed by atoms with van der Waals surface area (Å²) in [6.45, 7) is 8.89. The smallest absolute Gasteiger partial charge is 0.226 e. The first-order chi connectivity index (χ1) is 13.5. The second-order valence-corrected chi connectivity index (χ2v) is 8.76. The van der Waals surface area contributed by atoms with E-state index in [9.17, 15) is 4.79 Å². The molecule has 4 rings (SSSR count). The average Bonchev–Trinajstić information content (AvgIpc) is 3.30. The number of carbonyl (C=O) groups is 1. The van der Waals surface area contributed by atoms with Crippen LogP contribution in [0.2, 0.25) is 0 Å². The van der Waals surface area contributed by atoms with Gasteiger partial charge in [-0.25, -0.2) is 4.98 Å². The first-order valence-electron chi connectivity index (χ1n) is 10.1. The number of nitrogens with zero attached hydrogens (tertiary/aromatic N) is 5. The molecule has 152 valence electrons. The zero-order valence-corrected chi connectivity index (χ0v) is 17.8. The Morgan fingerprint density at radius 1 is 1.39 bits per heavy atom. The van der Waals surface area contributed by atoms with Gasteiger partial charge in [0, 0.05) is 62.2 Å². The molecule has 8 heteroatoms. The monoisotopic (exact) mass is 403 g/mol. The van der Waals surface area contributed by atoms with Crippen LogP contribution in [0.15, 0.2) is 6.20 Å². The number of rotatable bonds is 5. The number of ether oxygens (including phenoxy) is 1. The van der Waals surface area contributed by atoms with Gasteiger partial charge in [0.05, 0.1) is 24.6 Å². The number of thiazole rings is 1. The highest BCUT2D eigenvalue weighted by molar-refractivity contribution is 7.15. The van der Waals surface area contributed by atoms with Crippen LogP contribution in [0.1, 0.15) is 35.2 Å². The first kappa shape index (κ1) is 19.4. The lowest BCUT2D eigenvalue weighted by molar-refractivity contribution is -0.135. The maximum Gasteiger partial charge on any atom is 0.226 e. The van der Waals surface area contributed by atoms with E-state index in [4.69, 9.17) is 9.72 Å². The standard InChI is InChI=1S/C20H29N5O2S/c1-4-25-13-16(14(2)22-25)12-23(3)19(26)15-5-6-18-17(11-15)21-20(28-18)24-7-9-27-10-8-24/h13,15H,4-12H2,1-3H3. The lowest BCUT2D eigenvalue weighted by Gasteiger charge is -2.26. The van der Waals surface area contributed by atoms with Crippen LogP contribution in [-0.4, -0.2) is 58.9 Å². The molecule has 0 N–H and O–H groups in total. The van der Waals surface area contributed by atoms with Gasteiger partial charge in [-0.2, -0.15) is 5.10 Å². The fourth-order valence-electron chi connectivity index (χ4n) is 3.99. The SMILES string of the molecule is CCn1cc(CN(C)C(=O)C2CCc3sc(N4CCOCC4)nc3C2)c(C)n1. The van der Waals surface area contributed by atoms with Crippen molar-refractivity contribution in [3.63, 3.8) is 0 Å². The molecule has 28 heavy (non-hydrogen) atoms. The van der Waals surface area contributed by atoms with Gasteiger partial charge in [0.1, 0.15) is 0 Å². The first-order valence-corrected chi connectivity index (χ1v) is 11.0. The van der Waals surface area contributed by atoms with Crippen molar-refractivity contribution < 1.29 is 9.53 Å². The Bertz CT molecular complexity index is 840. The van der Waals surface area contributed by atoms with Crippen molar-refractivity contribution in [1.29, 1.82) is 0 Å². The molecule has 2 aromatic heterocycles. The maximum atomic E-state index is 13.1. The van der Waals surface area contributed by atoms with Crippen molar-refractivity contribution in [2.45, 2.75) is 46.2 Å². The van der Waals surface area contributed by atoms with Crippen LogP contribution >= 0.6 is 11.3 Å². The molecule has 1 fully saturated rings. The summed E-state index contributed by atoms with van der Waals surface area (Å²) in [6, 6.07) is 0. The predicted octanol–water partition coefficient (Wildman–Crippen LogP) is 2.27. The van der Waals surface area contributed by atoms with Crippen molar-refractivity contribution >= 4 is 22.4 Å². The van der Waals surface area contributed by atoms with Crippen LogP contribution in [0, 0.1) is 12.8 Å². The Morgan fingerprint density at radius 3 is 2.89 bits per heavy atom. The second kappa shape index (κ2) is 8.21. The summed E-state index contributed by atoms with van der Waals surface area (Å²) >= 11 is 1.80. The molecule has 0 bridgehead atoms. The van der Waals surface area contributed by atoms with E-state index in [1.54, 1.807) is 11.3 Å². The number of carbonyl (C=O) groups excluding carboxylic acids is 1. The summed E-state index contributed by atoms with van der Waals surface area (Å²) in [5.74, 6) is 0.244. The van der Waals surface area contributed by atoms with Crippen molar-refractivity contribution in [2.75, 3.05) is 38.3 Å². The summed E-state index contributed by atoms with van der Waals surface area (Å²) in [7, 11) is 1.90. The third-order valence-electron chi connectivity index (χ3n) is 5.71. The molecule has 7 nitrogen and oxygen atoms in total. The van der Waals surface area contributed by atoms with Crippen LogP contribution in [0.3, 0.4) is 0 Å². The number of hydrogen-bond donors (Lipinski definition) is 0. The maximum absolute atomic E-state index is 13.1. The molecule has 1 unspecified atom stereocenters. The van der Waals surface area contributed by atoms with Crippen LogP contribution < -0.4 is 4.90 Å². The molecule has 0 aromatic carbocycles. The summed E-state index contributed by atoms with van der Waals surface area (Å²) in [4.78, 5) is 23.5. The van der Waals surface area contributed by atoms with Gasteiger partial charge in [-0.3, -0.25) is 9.48 Å². The van der Waals surface area contributed by atoms with Gasteiger partial charge in [-0.1, -0.05) is 0 Å². The minimum Gasteiger partial charge on any atom is -0.378 e. The Balaban J connectivity index is 1.40. The molecule has 0 spiro atoms. The molecule has 1 amide bonds. The quantitative estimate of drug-likeness (QED) is 0.766. The molecule has 1 aliphatic heterocycles. The van der Waals surface area contributed by atoms with E-state index in [1.807, 2.05) is 29.7 Å². The van der Waals surface area contributed by atoms with Crippen molar-refractivity contribution in [3.05, 3.63) is 28.0 Å². The molecular weight excluding hydrogens is 374 g/mol. The Hall–Kier alpha value is -1.93. The fourth-order valence-corrected chi connectivity index (χ4v) is 5.14. The van der Waals surface area contributed by atoms with E-state index < -0.39 is 0 Å². The summed E-state index contributed by atoms with van der Waals surface area (Å²) < 4.78 is 7.37. The topological polar surface area (TPSA) is 63.5 Å². The molecule has 2 aromatic rings. The third kappa shape index (κ3) is 3.93. The number of morpholine rings is 1. The average molecular weight is 404 g/mol. The molecule has 3 heterocycles. The highest BCUT2D eigenvalue weighted by Gasteiger charge is 2.30. The van der Waals surface area contributed by atoms with Crippen LogP contribution in [0.5, 0.6) is 0 Å². The van der Waals surface area contributed by atoms with Crippen LogP contribution in [0.25, 0.3) is 0 Å². The largest absolute Gasteiger partial charge is 0.378 e. The number of amides is 1. The number of anilines is 1. The molecular formula is C20H29N5O2S. The van der Waals surface area contributed by atoms with E-state index in [2.05, 4.69) is 16.9 Å². The van der Waals surface area contributed by atoms with E-state index in [1.165, 1.54) is 4.88 Å². The predicted molar refractivity (Wildman–Crippen MR) is 110 cm³/mol. The Morgan fingerprint density at radius 2 is 2.18 bits per heavy atom. The number of hydrogen-bond acceptors (Lipinski definition) is 6. The minimum atomic E-state index is 0.0265. The number of aryl methyl sites for hydroxylation is 3. The molecule has 1 atom stereocenters. The Kier molecular flexibility index (Phi) is 5.68. The molecule has 0 saturated carbocycles. The van der Waals surface area contributed by atoms with Crippen molar-refractivity contribution in [3.8, 4) is 0 Å². The van der Waals surface area contributed by atoms with Crippen LogP contribution in [0.4, 0.5) is 5.13 Å². The number of fused-ring (bicyclic) bond motifs is 1. The zero-order chi connectivity index (χ0) is 19.7. The molecule has 1 saturated heterocycles. The van der Waals surface area contributed by atoms with E-state index >= 15 is 0 Å². The normalized spacial score (nSPS) is 19.5. The fraction of sp³-hybridized carbons (Fsp3) is 0.650. The van der Waals surface area contributed by atoms with Gasteiger partial charge >= 0.3 is 0 Å². The highest BCUT2D eigenvalue weighted by Crippen LogP contribution is 2.34. The lowest BCUT2D eigenvalue weighted by atomic mass is 9.90. The summed E-state index contributed by atoms with van der Waals surface area (Å²) in [6.07, 6.45) is 4.67. The van der Waals surface area contributed by atoms with Gasteiger partial charge in [0.2, 0.25) is 5.91 Å².